The quantitative estimate of drug-likeness (QED) is 0.443. The first-order valence-corrected chi connectivity index (χ1v) is 7.13. The molecule has 0 saturated carbocycles. The highest BCUT2D eigenvalue weighted by atomic mass is 35.5. The van der Waals surface area contributed by atoms with Crippen molar-refractivity contribution in [3.05, 3.63) is 65.3 Å². The van der Waals surface area contributed by atoms with Gasteiger partial charge in [-0.2, -0.15) is 5.10 Å². The van der Waals surface area contributed by atoms with E-state index in [0.717, 1.165) is 22.1 Å². The average Bonchev–Trinajstić information content (AvgIpc) is 2.55. The number of methoxy groups -OCH3 is 1. The van der Waals surface area contributed by atoms with Crippen molar-refractivity contribution in [2.75, 3.05) is 12.5 Å². The number of pyridine rings is 1. The number of rotatable bonds is 4. The molecule has 0 amide bonds. The molecule has 0 spiro atoms. The number of hydrogen-bond donors (Lipinski definition) is 1. The zero-order valence-corrected chi connectivity index (χ0v) is 12.7. The number of halogens is 1. The van der Waals surface area contributed by atoms with E-state index in [0.29, 0.717) is 11.0 Å². The second-order valence-corrected chi connectivity index (χ2v) is 5.01. The second kappa shape index (κ2) is 6.45. The van der Waals surface area contributed by atoms with Crippen molar-refractivity contribution in [2.45, 2.75) is 0 Å². The van der Waals surface area contributed by atoms with E-state index in [2.05, 4.69) is 21.6 Å². The fourth-order valence-corrected chi connectivity index (χ4v) is 2.38. The SMILES string of the molecule is COc1ccc2ccccc2c1/C=N/Nc1cccc(Cl)n1. The standard InChI is InChI=1S/C17H14ClN3O/c1-22-15-10-9-12-5-2-3-6-13(12)14(15)11-19-21-17-8-4-7-16(18)20-17/h2-11H,1H3,(H,20,21)/b19-11+. The number of nitrogens with one attached hydrogen (secondary N) is 1. The molecular formula is C17H14ClN3O. The lowest BCUT2D eigenvalue weighted by Crippen LogP contribution is -1.96. The summed E-state index contributed by atoms with van der Waals surface area (Å²) in [5, 5.41) is 6.86. The molecule has 0 fully saturated rings. The van der Waals surface area contributed by atoms with E-state index in [4.69, 9.17) is 16.3 Å². The summed E-state index contributed by atoms with van der Waals surface area (Å²) in [6.07, 6.45) is 1.73. The molecule has 3 rings (SSSR count). The number of nitrogens with zero attached hydrogens (tertiary/aromatic N) is 2. The molecule has 0 radical (unpaired) electrons. The van der Waals surface area contributed by atoms with E-state index in [-0.39, 0.29) is 0 Å². The molecule has 0 bridgehead atoms. The number of fused-ring (bicyclic) bond motifs is 1. The van der Waals surface area contributed by atoms with Crippen LogP contribution in [0.1, 0.15) is 5.56 Å². The first-order valence-electron chi connectivity index (χ1n) is 6.75. The molecule has 1 aromatic heterocycles. The van der Waals surface area contributed by atoms with Gasteiger partial charge < -0.3 is 4.74 Å². The van der Waals surface area contributed by atoms with Crippen LogP contribution in [0.15, 0.2) is 59.7 Å². The summed E-state index contributed by atoms with van der Waals surface area (Å²) >= 11 is 5.84. The molecule has 0 saturated heterocycles. The third-order valence-electron chi connectivity index (χ3n) is 3.24. The van der Waals surface area contributed by atoms with E-state index < -0.39 is 0 Å². The Morgan fingerprint density at radius 1 is 1.09 bits per heavy atom. The molecule has 5 heteroatoms. The molecule has 0 aliphatic heterocycles. The van der Waals surface area contributed by atoms with Crippen LogP contribution >= 0.6 is 11.6 Å². The zero-order valence-electron chi connectivity index (χ0n) is 12.0. The lowest BCUT2D eigenvalue weighted by Gasteiger charge is -2.08. The normalized spacial score (nSPS) is 11.0. The first-order chi connectivity index (χ1) is 10.8. The monoisotopic (exact) mass is 311 g/mol. The van der Waals surface area contributed by atoms with Gasteiger partial charge in [0.2, 0.25) is 0 Å². The van der Waals surface area contributed by atoms with Crippen molar-refractivity contribution in [3.8, 4) is 5.75 Å². The Balaban J connectivity index is 1.93. The van der Waals surface area contributed by atoms with Gasteiger partial charge in [-0.15, -0.1) is 0 Å². The van der Waals surface area contributed by atoms with Gasteiger partial charge in [-0.25, -0.2) is 4.98 Å². The molecule has 4 nitrogen and oxygen atoms in total. The molecule has 1 N–H and O–H groups in total. The zero-order chi connectivity index (χ0) is 15.4. The number of ether oxygens (including phenoxy) is 1. The molecule has 110 valence electrons. The van der Waals surface area contributed by atoms with Crippen LogP contribution in [-0.4, -0.2) is 18.3 Å². The molecule has 2 aromatic carbocycles. The summed E-state index contributed by atoms with van der Waals surface area (Å²) in [6.45, 7) is 0. The van der Waals surface area contributed by atoms with E-state index in [9.17, 15) is 0 Å². The molecule has 0 atom stereocenters. The summed E-state index contributed by atoms with van der Waals surface area (Å²) in [7, 11) is 1.65. The Morgan fingerprint density at radius 2 is 1.95 bits per heavy atom. The highest BCUT2D eigenvalue weighted by Gasteiger charge is 2.05. The molecule has 0 aliphatic rings. The van der Waals surface area contributed by atoms with Crippen LogP contribution in [-0.2, 0) is 0 Å². The van der Waals surface area contributed by atoms with Crippen LogP contribution in [0.4, 0.5) is 5.82 Å². The fourth-order valence-electron chi connectivity index (χ4n) is 2.22. The highest BCUT2D eigenvalue weighted by molar-refractivity contribution is 6.29. The maximum atomic E-state index is 5.84. The minimum atomic E-state index is 0.419. The minimum absolute atomic E-state index is 0.419. The van der Waals surface area contributed by atoms with Crippen molar-refractivity contribution in [1.29, 1.82) is 0 Å². The minimum Gasteiger partial charge on any atom is -0.496 e. The molecule has 0 aliphatic carbocycles. The molecule has 22 heavy (non-hydrogen) atoms. The maximum Gasteiger partial charge on any atom is 0.147 e. The van der Waals surface area contributed by atoms with Gasteiger partial charge in [0.05, 0.1) is 13.3 Å². The van der Waals surface area contributed by atoms with Crippen molar-refractivity contribution in [1.82, 2.24) is 4.98 Å². The van der Waals surface area contributed by atoms with Crippen molar-refractivity contribution >= 4 is 34.4 Å². The summed E-state index contributed by atoms with van der Waals surface area (Å²) in [5.41, 5.74) is 3.78. The van der Waals surface area contributed by atoms with Gasteiger partial charge in [0.15, 0.2) is 0 Å². The second-order valence-electron chi connectivity index (χ2n) is 4.62. The van der Waals surface area contributed by atoms with Gasteiger partial charge in [-0.3, -0.25) is 5.43 Å². The predicted octanol–water partition coefficient (Wildman–Crippen LogP) is 4.34. The van der Waals surface area contributed by atoms with Gasteiger partial charge in [0.25, 0.3) is 0 Å². The van der Waals surface area contributed by atoms with Crippen LogP contribution in [0.2, 0.25) is 5.15 Å². The summed E-state index contributed by atoms with van der Waals surface area (Å²) < 4.78 is 5.42. The van der Waals surface area contributed by atoms with Crippen LogP contribution in [0.3, 0.4) is 0 Å². The maximum absolute atomic E-state index is 5.84. The van der Waals surface area contributed by atoms with Gasteiger partial charge in [0.1, 0.15) is 16.7 Å². The van der Waals surface area contributed by atoms with Crippen molar-refractivity contribution in [3.63, 3.8) is 0 Å². The molecule has 3 aromatic rings. The number of benzene rings is 2. The summed E-state index contributed by atoms with van der Waals surface area (Å²) in [6, 6.07) is 17.4. The largest absolute Gasteiger partial charge is 0.496 e. The molecule has 0 unspecified atom stereocenters. The van der Waals surface area contributed by atoms with Crippen LogP contribution < -0.4 is 10.2 Å². The lowest BCUT2D eigenvalue weighted by molar-refractivity contribution is 0.415. The average molecular weight is 312 g/mol. The number of aromatic nitrogens is 1. The topological polar surface area (TPSA) is 46.5 Å². The van der Waals surface area contributed by atoms with Crippen molar-refractivity contribution in [2.24, 2.45) is 5.10 Å². The summed E-state index contributed by atoms with van der Waals surface area (Å²) in [5.74, 6) is 1.35. The Morgan fingerprint density at radius 3 is 2.77 bits per heavy atom. The van der Waals surface area contributed by atoms with Crippen LogP contribution in [0.5, 0.6) is 5.75 Å². The van der Waals surface area contributed by atoms with E-state index in [1.54, 1.807) is 25.5 Å². The van der Waals surface area contributed by atoms with E-state index in [1.165, 1.54) is 0 Å². The predicted molar refractivity (Wildman–Crippen MR) is 91.0 cm³/mol. The Labute approximate surface area is 133 Å². The third-order valence-corrected chi connectivity index (χ3v) is 3.45. The number of hydrogen-bond acceptors (Lipinski definition) is 4. The van der Waals surface area contributed by atoms with Gasteiger partial charge >= 0.3 is 0 Å². The Kier molecular flexibility index (Phi) is 4.21. The van der Waals surface area contributed by atoms with Gasteiger partial charge in [-0.1, -0.05) is 48.0 Å². The third kappa shape index (κ3) is 3.02. The van der Waals surface area contributed by atoms with Gasteiger partial charge in [-0.05, 0) is 29.0 Å². The Bertz CT molecular complexity index is 833. The lowest BCUT2D eigenvalue weighted by atomic mass is 10.0. The Hall–Kier alpha value is -2.59. The van der Waals surface area contributed by atoms with Crippen molar-refractivity contribution < 1.29 is 4.74 Å². The molecular weight excluding hydrogens is 298 g/mol. The van der Waals surface area contributed by atoms with E-state index >= 15 is 0 Å². The number of hydrazone groups is 1. The first kappa shape index (κ1) is 14.4. The van der Waals surface area contributed by atoms with Crippen LogP contribution in [0, 0.1) is 0 Å². The number of anilines is 1. The van der Waals surface area contributed by atoms with Gasteiger partial charge in [0, 0.05) is 5.56 Å². The smallest absolute Gasteiger partial charge is 0.147 e. The highest BCUT2D eigenvalue weighted by Crippen LogP contribution is 2.26. The summed E-state index contributed by atoms with van der Waals surface area (Å²) in [4.78, 5) is 4.12. The molecule has 1 heterocycles. The van der Waals surface area contributed by atoms with E-state index in [1.807, 2.05) is 36.4 Å². The van der Waals surface area contributed by atoms with Crippen LogP contribution in [0.25, 0.3) is 10.8 Å². The fraction of sp³-hybridized carbons (Fsp3) is 0.0588.